The van der Waals surface area contributed by atoms with E-state index in [-0.39, 0.29) is 37.5 Å². The molecule has 0 amide bonds. The van der Waals surface area contributed by atoms with Crippen LogP contribution >= 0.6 is 0 Å². The van der Waals surface area contributed by atoms with Crippen molar-refractivity contribution in [1.82, 2.24) is 0 Å². The van der Waals surface area contributed by atoms with Crippen LogP contribution < -0.4 is 0 Å². The van der Waals surface area contributed by atoms with Gasteiger partial charge in [0.25, 0.3) is 0 Å². The van der Waals surface area contributed by atoms with Crippen LogP contribution in [0.1, 0.15) is 303 Å². The van der Waals surface area contributed by atoms with E-state index in [2.05, 4.69) is 130 Å². The molecule has 0 radical (unpaired) electrons. The fraction of sp³-hybridized carbons (Fsp3) is 0.704. The van der Waals surface area contributed by atoms with Gasteiger partial charge >= 0.3 is 17.9 Å². The number of carbonyl (C=O) groups excluding carboxylic acids is 3. The zero-order chi connectivity index (χ0) is 55.7. The molecular formula is C71H120O6. The maximum atomic E-state index is 12.9. The van der Waals surface area contributed by atoms with Crippen molar-refractivity contribution < 1.29 is 28.6 Å². The summed E-state index contributed by atoms with van der Waals surface area (Å²) >= 11 is 0. The van der Waals surface area contributed by atoms with Crippen LogP contribution in [0.3, 0.4) is 0 Å². The van der Waals surface area contributed by atoms with E-state index >= 15 is 0 Å². The third-order valence-electron chi connectivity index (χ3n) is 13.8. The van der Waals surface area contributed by atoms with E-state index in [1.807, 2.05) is 0 Å². The molecule has 0 bridgehead atoms. The van der Waals surface area contributed by atoms with E-state index < -0.39 is 6.10 Å². The Morgan fingerprint density at radius 3 is 0.844 bits per heavy atom. The molecule has 0 aromatic rings. The minimum absolute atomic E-state index is 0.0991. The Kier molecular flexibility index (Phi) is 61.3. The van der Waals surface area contributed by atoms with Gasteiger partial charge < -0.3 is 14.2 Å². The lowest BCUT2D eigenvalue weighted by Crippen LogP contribution is -2.30. The molecule has 1 unspecified atom stereocenters. The zero-order valence-electron chi connectivity index (χ0n) is 50.4. The highest BCUT2D eigenvalue weighted by Gasteiger charge is 2.19. The molecule has 0 saturated heterocycles. The number of hydrogen-bond acceptors (Lipinski definition) is 6. The van der Waals surface area contributed by atoms with E-state index in [1.54, 1.807) is 0 Å². The molecule has 0 rings (SSSR count). The molecule has 77 heavy (non-hydrogen) atoms. The summed E-state index contributed by atoms with van der Waals surface area (Å²) in [5, 5.41) is 0. The maximum absolute atomic E-state index is 12.9. The summed E-state index contributed by atoms with van der Waals surface area (Å²) in [5.41, 5.74) is 0. The van der Waals surface area contributed by atoms with Gasteiger partial charge in [-0.3, -0.25) is 14.4 Å². The molecule has 6 heteroatoms. The Morgan fingerprint density at radius 2 is 0.519 bits per heavy atom. The minimum atomic E-state index is -0.806. The van der Waals surface area contributed by atoms with E-state index in [1.165, 1.54) is 148 Å². The molecule has 0 aromatic heterocycles. The van der Waals surface area contributed by atoms with Crippen molar-refractivity contribution in [3.8, 4) is 0 Å². The monoisotopic (exact) mass is 1070 g/mol. The van der Waals surface area contributed by atoms with Crippen molar-refractivity contribution in [1.29, 1.82) is 0 Å². The van der Waals surface area contributed by atoms with Crippen molar-refractivity contribution in [2.75, 3.05) is 13.2 Å². The second-order valence-electron chi connectivity index (χ2n) is 21.3. The maximum Gasteiger partial charge on any atom is 0.306 e. The molecule has 0 aromatic carbocycles. The van der Waals surface area contributed by atoms with E-state index in [0.717, 1.165) is 109 Å². The van der Waals surface area contributed by atoms with Crippen LogP contribution in [-0.4, -0.2) is 37.2 Å². The molecule has 0 N–H and O–H groups in total. The van der Waals surface area contributed by atoms with Gasteiger partial charge in [-0.2, -0.15) is 0 Å². The number of unbranched alkanes of at least 4 members (excludes halogenated alkanes) is 29. The molecular weight excluding hydrogens is 949 g/mol. The normalized spacial score (nSPS) is 12.8. The highest BCUT2D eigenvalue weighted by atomic mass is 16.6. The van der Waals surface area contributed by atoms with Crippen molar-refractivity contribution in [3.05, 3.63) is 109 Å². The van der Waals surface area contributed by atoms with Gasteiger partial charge in [-0.25, -0.2) is 0 Å². The highest BCUT2D eigenvalue weighted by Crippen LogP contribution is 2.17. The lowest BCUT2D eigenvalue weighted by Gasteiger charge is -2.18. The molecule has 0 heterocycles. The molecule has 0 aliphatic carbocycles. The first-order valence-electron chi connectivity index (χ1n) is 32.4. The number of hydrogen-bond donors (Lipinski definition) is 0. The molecule has 0 spiro atoms. The van der Waals surface area contributed by atoms with E-state index in [4.69, 9.17) is 14.2 Å². The molecule has 1 atom stereocenters. The van der Waals surface area contributed by atoms with Crippen LogP contribution in [0.5, 0.6) is 0 Å². The van der Waals surface area contributed by atoms with Gasteiger partial charge in [0.05, 0.1) is 0 Å². The fourth-order valence-electron chi connectivity index (χ4n) is 9.00. The van der Waals surface area contributed by atoms with Crippen LogP contribution in [-0.2, 0) is 28.6 Å². The van der Waals surface area contributed by atoms with Gasteiger partial charge in [-0.1, -0.05) is 297 Å². The third-order valence-corrected chi connectivity index (χ3v) is 13.8. The summed E-state index contributed by atoms with van der Waals surface area (Å²) < 4.78 is 16.9. The number of rotatable bonds is 58. The molecule has 0 aliphatic rings. The van der Waals surface area contributed by atoms with Gasteiger partial charge in [0.1, 0.15) is 13.2 Å². The second-order valence-corrected chi connectivity index (χ2v) is 21.3. The average Bonchev–Trinajstić information content (AvgIpc) is 3.43. The first-order valence-corrected chi connectivity index (χ1v) is 32.4. The second kappa shape index (κ2) is 64.6. The number of esters is 3. The largest absolute Gasteiger partial charge is 0.462 e. The Bertz CT molecular complexity index is 1560. The Morgan fingerprint density at radius 1 is 0.273 bits per heavy atom. The van der Waals surface area contributed by atoms with Crippen molar-refractivity contribution in [2.24, 2.45) is 0 Å². The summed E-state index contributed by atoms with van der Waals surface area (Å²) in [5.74, 6) is -0.956. The summed E-state index contributed by atoms with van der Waals surface area (Å²) in [7, 11) is 0. The molecule has 0 fully saturated rings. The standard InChI is InChI=1S/C71H120O6/c1-4-7-10-13-16-19-22-25-28-31-33-35-37-40-43-46-49-52-55-58-61-64-70(73)76-67-68(66-75-69(72)63-60-57-54-51-48-45-42-39-30-27-24-21-18-15-12-9-6-3)77-71(74)65-62-59-56-53-50-47-44-41-38-36-34-32-29-26-23-20-17-14-11-8-5-2/h7,9-10,12,16,18-19,21,25,27-28,30,33,35,42,45,51,54,68H,4-6,8,11,13-15,17,20,22-24,26,29,31-32,34,36-41,43-44,46-50,52-53,55-67H2,1-3H3/b10-7-,12-9-,19-16-,21-18-,28-25-,30-27-,35-33-,45-42-,54-51-. The van der Waals surface area contributed by atoms with Crippen molar-refractivity contribution >= 4 is 17.9 Å². The molecule has 0 saturated carbocycles. The average molecular weight is 1070 g/mol. The zero-order valence-corrected chi connectivity index (χ0v) is 50.4. The lowest BCUT2D eigenvalue weighted by molar-refractivity contribution is -0.167. The minimum Gasteiger partial charge on any atom is -0.462 e. The number of ether oxygens (including phenoxy) is 3. The lowest BCUT2D eigenvalue weighted by atomic mass is 10.0. The van der Waals surface area contributed by atoms with Gasteiger partial charge in [0.2, 0.25) is 0 Å². The smallest absolute Gasteiger partial charge is 0.306 e. The van der Waals surface area contributed by atoms with E-state index in [9.17, 15) is 14.4 Å². The number of carbonyl (C=O) groups is 3. The first-order chi connectivity index (χ1) is 38.0. The predicted molar refractivity (Wildman–Crippen MR) is 334 cm³/mol. The van der Waals surface area contributed by atoms with Gasteiger partial charge in [-0.05, 0) is 96.3 Å². The Labute approximate surface area is 476 Å². The summed E-state index contributed by atoms with van der Waals surface area (Å²) in [6.07, 6.45) is 88.2. The van der Waals surface area contributed by atoms with Crippen molar-refractivity contribution in [2.45, 2.75) is 309 Å². The van der Waals surface area contributed by atoms with E-state index in [0.29, 0.717) is 19.3 Å². The quantitative estimate of drug-likeness (QED) is 0.0261. The summed E-state index contributed by atoms with van der Waals surface area (Å²) in [6, 6.07) is 0. The summed E-state index contributed by atoms with van der Waals surface area (Å²) in [6.45, 7) is 6.39. The van der Waals surface area contributed by atoms with Crippen molar-refractivity contribution in [3.63, 3.8) is 0 Å². The van der Waals surface area contributed by atoms with Gasteiger partial charge in [0, 0.05) is 19.3 Å². The fourth-order valence-corrected chi connectivity index (χ4v) is 9.00. The van der Waals surface area contributed by atoms with Crippen LogP contribution in [0.15, 0.2) is 109 Å². The van der Waals surface area contributed by atoms with Crippen LogP contribution in [0, 0.1) is 0 Å². The van der Waals surface area contributed by atoms with Gasteiger partial charge in [0.15, 0.2) is 6.10 Å². The molecule has 0 aliphatic heterocycles. The van der Waals surface area contributed by atoms with Crippen LogP contribution in [0.2, 0.25) is 0 Å². The van der Waals surface area contributed by atoms with Gasteiger partial charge in [-0.15, -0.1) is 0 Å². The molecule has 440 valence electrons. The Balaban J connectivity index is 4.44. The summed E-state index contributed by atoms with van der Waals surface area (Å²) in [4.78, 5) is 38.3. The first kappa shape index (κ1) is 73.1. The third kappa shape index (κ3) is 62.8. The van der Waals surface area contributed by atoms with Crippen LogP contribution in [0.25, 0.3) is 0 Å². The van der Waals surface area contributed by atoms with Crippen LogP contribution in [0.4, 0.5) is 0 Å². The molecule has 6 nitrogen and oxygen atoms in total. The number of allylic oxidation sites excluding steroid dienone is 18. The highest BCUT2D eigenvalue weighted by molar-refractivity contribution is 5.71. The topological polar surface area (TPSA) is 78.9 Å². The Hall–Kier alpha value is -3.93. The predicted octanol–water partition coefficient (Wildman–Crippen LogP) is 22.2. The SMILES string of the molecule is CC/C=C\C/C=C\C/C=C\C/C=C\C/C=C\CCCC(=O)OCC(COC(=O)CCCCCCCCCC/C=C\C/C=C\C/C=C\C/C=C\CC)OC(=O)CCCCCCCCCCCCCCCCCCCCCCC.